The molecular formula is C15H14N8O4. The molecule has 0 atom stereocenters. The average Bonchev–Trinajstić information content (AvgIpc) is 3.11. The third-order valence-corrected chi connectivity index (χ3v) is 3.16. The minimum absolute atomic E-state index is 0.0336. The number of furan rings is 1. The highest BCUT2D eigenvalue weighted by molar-refractivity contribution is 5.76. The molecule has 2 heterocycles. The fourth-order valence-corrected chi connectivity index (χ4v) is 2.03. The Morgan fingerprint density at radius 3 is 2.74 bits per heavy atom. The van der Waals surface area contributed by atoms with Gasteiger partial charge in [-0.15, -0.1) is 0 Å². The topological polar surface area (TPSA) is 167 Å². The number of anilines is 4. The van der Waals surface area contributed by atoms with Crippen LogP contribution in [0.3, 0.4) is 0 Å². The third kappa shape index (κ3) is 4.45. The first-order chi connectivity index (χ1) is 13.0. The van der Waals surface area contributed by atoms with Gasteiger partial charge in [-0.3, -0.25) is 10.1 Å². The highest BCUT2D eigenvalue weighted by Gasteiger charge is 2.10. The van der Waals surface area contributed by atoms with Gasteiger partial charge in [0.1, 0.15) is 10.7 Å². The second-order valence-electron chi connectivity index (χ2n) is 4.97. The van der Waals surface area contributed by atoms with Gasteiger partial charge in [-0.05, 0) is 18.2 Å². The maximum Gasteiger partial charge on any atom is 0.433 e. The number of benzene rings is 1. The summed E-state index contributed by atoms with van der Waals surface area (Å²) < 4.78 is 10.2. The number of aromatic nitrogens is 3. The fraction of sp³-hybridized carbons (Fsp3) is 0.0667. The molecular weight excluding hydrogens is 356 g/mol. The van der Waals surface area contributed by atoms with Crippen molar-refractivity contribution in [3.63, 3.8) is 0 Å². The van der Waals surface area contributed by atoms with E-state index in [1.54, 1.807) is 19.2 Å². The number of hydrogen-bond acceptors (Lipinski definition) is 11. The number of hydrogen-bond donors (Lipinski definition) is 3. The number of nitrogens with two attached hydrogens (primary N) is 1. The quantitative estimate of drug-likeness (QED) is 0.318. The average molecular weight is 370 g/mol. The van der Waals surface area contributed by atoms with Crippen LogP contribution in [0.1, 0.15) is 5.76 Å². The molecule has 0 aliphatic rings. The number of nitrogen functional groups attached to an aromatic ring is 1. The summed E-state index contributed by atoms with van der Waals surface area (Å²) in [6, 6.07) is 9.83. The van der Waals surface area contributed by atoms with Crippen molar-refractivity contribution in [2.24, 2.45) is 5.10 Å². The van der Waals surface area contributed by atoms with Crippen molar-refractivity contribution in [2.45, 2.75) is 0 Å². The Morgan fingerprint density at radius 2 is 2.00 bits per heavy atom. The number of nitrogens with one attached hydrogen (secondary N) is 2. The van der Waals surface area contributed by atoms with Crippen LogP contribution < -0.4 is 21.2 Å². The van der Waals surface area contributed by atoms with Crippen LogP contribution in [-0.4, -0.2) is 33.2 Å². The van der Waals surface area contributed by atoms with Gasteiger partial charge in [0.25, 0.3) is 0 Å². The second-order valence-corrected chi connectivity index (χ2v) is 4.97. The molecule has 3 aromatic rings. The minimum Gasteiger partial charge on any atom is -0.495 e. The van der Waals surface area contributed by atoms with Gasteiger partial charge in [0.05, 0.1) is 25.1 Å². The van der Waals surface area contributed by atoms with Crippen LogP contribution in [0.15, 0.2) is 45.9 Å². The number of methoxy groups -OCH3 is 1. The zero-order valence-corrected chi connectivity index (χ0v) is 14.0. The molecule has 0 spiro atoms. The predicted molar refractivity (Wildman–Crippen MR) is 97.1 cm³/mol. The number of para-hydroxylation sites is 2. The van der Waals surface area contributed by atoms with Gasteiger partial charge in [0.15, 0.2) is 5.76 Å². The van der Waals surface area contributed by atoms with E-state index in [2.05, 4.69) is 30.8 Å². The monoisotopic (exact) mass is 370 g/mol. The Morgan fingerprint density at radius 1 is 1.22 bits per heavy atom. The van der Waals surface area contributed by atoms with Crippen LogP contribution in [0, 0.1) is 10.1 Å². The normalized spacial score (nSPS) is 10.7. The van der Waals surface area contributed by atoms with Crippen molar-refractivity contribution in [2.75, 3.05) is 23.6 Å². The van der Waals surface area contributed by atoms with Crippen molar-refractivity contribution in [1.82, 2.24) is 15.0 Å². The van der Waals surface area contributed by atoms with Gasteiger partial charge in [-0.1, -0.05) is 12.1 Å². The lowest BCUT2D eigenvalue weighted by Gasteiger charge is -2.10. The first-order valence-electron chi connectivity index (χ1n) is 7.50. The van der Waals surface area contributed by atoms with E-state index in [-0.39, 0.29) is 29.5 Å². The van der Waals surface area contributed by atoms with Crippen molar-refractivity contribution < 1.29 is 14.1 Å². The van der Waals surface area contributed by atoms with Crippen LogP contribution in [0.4, 0.5) is 29.4 Å². The summed E-state index contributed by atoms with van der Waals surface area (Å²) in [6.07, 6.45) is 1.24. The molecule has 3 rings (SSSR count). The highest BCUT2D eigenvalue weighted by atomic mass is 16.6. The van der Waals surface area contributed by atoms with Gasteiger partial charge in [-0.2, -0.15) is 20.1 Å². The molecule has 0 saturated heterocycles. The van der Waals surface area contributed by atoms with Gasteiger partial charge in [0.2, 0.25) is 17.8 Å². The number of ether oxygens (including phenoxy) is 1. The Hall–Kier alpha value is -4.22. The van der Waals surface area contributed by atoms with E-state index in [0.29, 0.717) is 11.4 Å². The Balaban J connectivity index is 1.73. The molecule has 0 amide bonds. The van der Waals surface area contributed by atoms with Gasteiger partial charge in [-0.25, -0.2) is 5.43 Å². The van der Waals surface area contributed by atoms with E-state index in [1.807, 2.05) is 12.1 Å². The largest absolute Gasteiger partial charge is 0.495 e. The van der Waals surface area contributed by atoms with Crippen molar-refractivity contribution >= 4 is 35.6 Å². The Kier molecular flexibility index (Phi) is 5.07. The molecule has 0 bridgehead atoms. The standard InChI is InChI=1S/C15H14N8O4/c1-26-11-5-3-2-4-10(11)18-14-19-13(16)20-15(21-14)22-17-8-9-6-7-12(27-9)23(24)25/h2-8H,1H3,(H4,16,18,19,20,21,22)/b17-8+. The van der Waals surface area contributed by atoms with E-state index in [4.69, 9.17) is 14.9 Å². The molecule has 27 heavy (non-hydrogen) atoms. The molecule has 138 valence electrons. The van der Waals surface area contributed by atoms with E-state index in [9.17, 15) is 10.1 Å². The lowest BCUT2D eigenvalue weighted by Crippen LogP contribution is -2.07. The summed E-state index contributed by atoms with van der Waals surface area (Å²) in [5.74, 6) is 0.612. The fourth-order valence-electron chi connectivity index (χ4n) is 2.03. The summed E-state index contributed by atoms with van der Waals surface area (Å²) in [6.45, 7) is 0. The SMILES string of the molecule is COc1ccccc1Nc1nc(N)nc(N/N=C/c2ccc([N+](=O)[O-])o2)n1. The predicted octanol–water partition coefficient (Wildman–Crippen LogP) is 2.15. The van der Waals surface area contributed by atoms with Gasteiger partial charge >= 0.3 is 5.88 Å². The molecule has 4 N–H and O–H groups in total. The molecule has 0 aliphatic carbocycles. The third-order valence-electron chi connectivity index (χ3n) is 3.16. The van der Waals surface area contributed by atoms with Crippen LogP contribution >= 0.6 is 0 Å². The summed E-state index contributed by atoms with van der Waals surface area (Å²) in [7, 11) is 1.54. The summed E-state index contributed by atoms with van der Waals surface area (Å²) in [5.41, 5.74) is 8.88. The molecule has 1 aromatic carbocycles. The maximum absolute atomic E-state index is 10.6. The number of nitrogens with zero attached hydrogens (tertiary/aromatic N) is 5. The van der Waals surface area contributed by atoms with Crippen LogP contribution in [0.2, 0.25) is 0 Å². The van der Waals surface area contributed by atoms with Crippen molar-refractivity contribution in [1.29, 1.82) is 0 Å². The molecule has 0 radical (unpaired) electrons. The van der Waals surface area contributed by atoms with Crippen LogP contribution in [0.5, 0.6) is 5.75 Å². The number of rotatable bonds is 7. The first-order valence-corrected chi connectivity index (χ1v) is 7.50. The number of hydrazone groups is 1. The minimum atomic E-state index is -0.646. The Bertz CT molecular complexity index is 987. The summed E-state index contributed by atoms with van der Waals surface area (Å²) >= 11 is 0. The lowest BCUT2D eigenvalue weighted by atomic mass is 10.3. The number of nitro groups is 1. The van der Waals surface area contributed by atoms with E-state index >= 15 is 0 Å². The second kappa shape index (κ2) is 7.77. The highest BCUT2D eigenvalue weighted by Crippen LogP contribution is 2.25. The van der Waals surface area contributed by atoms with E-state index < -0.39 is 4.92 Å². The van der Waals surface area contributed by atoms with E-state index in [1.165, 1.54) is 18.3 Å². The maximum atomic E-state index is 10.6. The molecule has 0 aliphatic heterocycles. The molecule has 12 heteroatoms. The van der Waals surface area contributed by atoms with Crippen molar-refractivity contribution in [3.05, 3.63) is 52.3 Å². The van der Waals surface area contributed by atoms with Gasteiger partial charge < -0.3 is 20.2 Å². The van der Waals surface area contributed by atoms with Crippen molar-refractivity contribution in [3.8, 4) is 5.75 Å². The smallest absolute Gasteiger partial charge is 0.433 e. The summed E-state index contributed by atoms with van der Waals surface area (Å²) in [4.78, 5) is 22.0. The van der Waals surface area contributed by atoms with Gasteiger partial charge in [0, 0.05) is 0 Å². The summed E-state index contributed by atoms with van der Waals surface area (Å²) in [5, 5.41) is 17.4. The Labute approximate surface area is 152 Å². The molecule has 2 aromatic heterocycles. The lowest BCUT2D eigenvalue weighted by molar-refractivity contribution is -0.402. The van der Waals surface area contributed by atoms with E-state index in [0.717, 1.165) is 0 Å². The van der Waals surface area contributed by atoms with Crippen LogP contribution in [-0.2, 0) is 0 Å². The zero-order chi connectivity index (χ0) is 19.2. The molecule has 0 fully saturated rings. The molecule has 0 saturated carbocycles. The first kappa shape index (κ1) is 17.6. The van der Waals surface area contributed by atoms with Crippen LogP contribution in [0.25, 0.3) is 0 Å². The molecule has 0 unspecified atom stereocenters. The zero-order valence-electron chi connectivity index (χ0n) is 14.0. The molecule has 12 nitrogen and oxygen atoms in total.